The Hall–Kier alpha value is -2.34. The summed E-state index contributed by atoms with van der Waals surface area (Å²) in [5, 5.41) is 15.3. The number of phenolic OH excluding ortho intramolecular Hbond substituents is 1. The van der Waals surface area contributed by atoms with Crippen LogP contribution < -0.4 is 15.4 Å². The highest BCUT2D eigenvalue weighted by Crippen LogP contribution is 2.26. The number of aryl methyl sites for hydroxylation is 1. The van der Waals surface area contributed by atoms with Gasteiger partial charge >= 0.3 is 6.03 Å². The van der Waals surface area contributed by atoms with E-state index in [1.54, 1.807) is 23.9 Å². The van der Waals surface area contributed by atoms with E-state index >= 15 is 0 Å². The minimum absolute atomic E-state index is 0.116. The highest BCUT2D eigenvalue weighted by atomic mass is 32.2. The molecule has 0 aliphatic carbocycles. The van der Waals surface area contributed by atoms with Crippen molar-refractivity contribution in [3.8, 4) is 11.5 Å². The van der Waals surface area contributed by atoms with E-state index in [0.29, 0.717) is 25.3 Å². The summed E-state index contributed by atoms with van der Waals surface area (Å²) in [7, 11) is 1.52. The van der Waals surface area contributed by atoms with Crippen molar-refractivity contribution in [3.05, 3.63) is 59.2 Å². The molecule has 0 bridgehead atoms. The fourth-order valence-corrected chi connectivity index (χ4v) is 3.19. The van der Waals surface area contributed by atoms with Gasteiger partial charge in [0.1, 0.15) is 0 Å². The van der Waals surface area contributed by atoms with Gasteiger partial charge in [0.25, 0.3) is 0 Å². The molecular weight excluding hydrogens is 348 g/mol. The van der Waals surface area contributed by atoms with Gasteiger partial charge in [0.05, 0.1) is 7.11 Å². The molecule has 2 rings (SSSR count). The third kappa shape index (κ3) is 6.88. The number of amides is 2. The van der Waals surface area contributed by atoms with E-state index in [1.807, 2.05) is 6.07 Å². The monoisotopic (exact) mass is 374 g/mol. The molecule has 26 heavy (non-hydrogen) atoms. The van der Waals surface area contributed by atoms with E-state index in [-0.39, 0.29) is 11.8 Å². The fraction of sp³-hybridized carbons (Fsp3) is 0.350. The van der Waals surface area contributed by atoms with E-state index in [1.165, 1.54) is 18.2 Å². The first-order valence-corrected chi connectivity index (χ1v) is 9.75. The summed E-state index contributed by atoms with van der Waals surface area (Å²) in [4.78, 5) is 11.8. The number of urea groups is 1. The van der Waals surface area contributed by atoms with Crippen LogP contribution in [0.1, 0.15) is 16.7 Å². The van der Waals surface area contributed by atoms with Crippen LogP contribution in [0.3, 0.4) is 0 Å². The number of ether oxygens (including phenoxy) is 1. The molecule has 0 atom stereocenters. The summed E-state index contributed by atoms with van der Waals surface area (Å²) in [6, 6.07) is 13.5. The molecule has 140 valence electrons. The Morgan fingerprint density at radius 2 is 1.77 bits per heavy atom. The van der Waals surface area contributed by atoms with Gasteiger partial charge in [-0.05, 0) is 36.6 Å². The minimum Gasteiger partial charge on any atom is -0.504 e. The van der Waals surface area contributed by atoms with Crippen molar-refractivity contribution in [1.82, 2.24) is 10.6 Å². The SMILES string of the molecule is COc1cc(CCNC(=O)NCCSCc2ccc(C)cc2)ccc1O. The number of methoxy groups -OCH3 is 1. The maximum absolute atomic E-state index is 11.8. The van der Waals surface area contributed by atoms with E-state index < -0.39 is 0 Å². The number of phenols is 1. The topological polar surface area (TPSA) is 70.6 Å². The molecule has 0 saturated carbocycles. The predicted octanol–water partition coefficient (Wildman–Crippen LogP) is 3.48. The Morgan fingerprint density at radius 3 is 2.50 bits per heavy atom. The molecular formula is C20H26N2O3S. The van der Waals surface area contributed by atoms with Crippen LogP contribution >= 0.6 is 11.8 Å². The lowest BCUT2D eigenvalue weighted by atomic mass is 10.1. The summed E-state index contributed by atoms with van der Waals surface area (Å²) in [5.74, 6) is 2.38. The van der Waals surface area contributed by atoms with Crippen molar-refractivity contribution in [2.75, 3.05) is 26.0 Å². The Morgan fingerprint density at radius 1 is 1.08 bits per heavy atom. The fourth-order valence-electron chi connectivity index (χ4n) is 2.37. The number of nitrogens with one attached hydrogen (secondary N) is 2. The second kappa shape index (κ2) is 10.6. The predicted molar refractivity (Wildman–Crippen MR) is 107 cm³/mol. The summed E-state index contributed by atoms with van der Waals surface area (Å²) in [6.07, 6.45) is 0.673. The molecule has 2 amide bonds. The molecule has 3 N–H and O–H groups in total. The zero-order valence-corrected chi connectivity index (χ0v) is 16.1. The largest absolute Gasteiger partial charge is 0.504 e. The second-order valence-corrected chi connectivity index (χ2v) is 7.08. The molecule has 0 aliphatic rings. The average molecular weight is 375 g/mol. The van der Waals surface area contributed by atoms with Gasteiger partial charge in [-0.2, -0.15) is 11.8 Å². The number of hydrogen-bond donors (Lipinski definition) is 3. The van der Waals surface area contributed by atoms with Gasteiger partial charge in [0.15, 0.2) is 11.5 Å². The number of carbonyl (C=O) groups is 1. The lowest BCUT2D eigenvalue weighted by Gasteiger charge is -2.09. The summed E-state index contributed by atoms with van der Waals surface area (Å²) in [5.41, 5.74) is 3.56. The van der Waals surface area contributed by atoms with Gasteiger partial charge in [-0.1, -0.05) is 35.9 Å². The number of aromatic hydroxyl groups is 1. The van der Waals surface area contributed by atoms with Crippen LogP contribution in [0.25, 0.3) is 0 Å². The molecule has 0 heterocycles. The van der Waals surface area contributed by atoms with Crippen LogP contribution in [0.4, 0.5) is 4.79 Å². The Bertz CT molecular complexity index is 705. The van der Waals surface area contributed by atoms with Gasteiger partial charge in [-0.25, -0.2) is 4.79 Å². The van der Waals surface area contributed by atoms with Gasteiger partial charge < -0.3 is 20.5 Å². The Kier molecular flexibility index (Phi) is 8.15. The highest BCUT2D eigenvalue weighted by molar-refractivity contribution is 7.98. The van der Waals surface area contributed by atoms with Crippen molar-refractivity contribution in [1.29, 1.82) is 0 Å². The van der Waals surface area contributed by atoms with Crippen molar-refractivity contribution < 1.29 is 14.6 Å². The van der Waals surface area contributed by atoms with Crippen molar-refractivity contribution in [3.63, 3.8) is 0 Å². The Balaban J connectivity index is 1.57. The third-order valence-corrected chi connectivity index (χ3v) is 4.89. The molecule has 0 saturated heterocycles. The van der Waals surface area contributed by atoms with Crippen molar-refractivity contribution >= 4 is 17.8 Å². The molecule has 0 aromatic heterocycles. The van der Waals surface area contributed by atoms with Crippen LogP contribution in [0.2, 0.25) is 0 Å². The number of thioether (sulfide) groups is 1. The molecule has 0 aliphatic heterocycles. The zero-order valence-electron chi connectivity index (χ0n) is 15.2. The minimum atomic E-state index is -0.160. The number of hydrogen-bond acceptors (Lipinski definition) is 4. The number of carbonyl (C=O) groups excluding carboxylic acids is 1. The lowest BCUT2D eigenvalue weighted by molar-refractivity contribution is 0.241. The maximum Gasteiger partial charge on any atom is 0.314 e. The second-order valence-electron chi connectivity index (χ2n) is 5.98. The first-order chi connectivity index (χ1) is 12.6. The molecule has 6 heteroatoms. The average Bonchev–Trinajstić information content (AvgIpc) is 2.64. The highest BCUT2D eigenvalue weighted by Gasteiger charge is 2.04. The van der Waals surface area contributed by atoms with E-state index in [4.69, 9.17) is 4.74 Å². The van der Waals surface area contributed by atoms with E-state index in [0.717, 1.165) is 17.1 Å². The maximum atomic E-state index is 11.8. The van der Waals surface area contributed by atoms with Gasteiger partial charge in [0, 0.05) is 24.6 Å². The van der Waals surface area contributed by atoms with Crippen molar-refractivity contribution in [2.24, 2.45) is 0 Å². The van der Waals surface area contributed by atoms with Crippen molar-refractivity contribution in [2.45, 2.75) is 19.1 Å². The van der Waals surface area contributed by atoms with E-state index in [9.17, 15) is 9.90 Å². The molecule has 0 radical (unpaired) electrons. The number of benzene rings is 2. The third-order valence-electron chi connectivity index (χ3n) is 3.86. The summed E-state index contributed by atoms with van der Waals surface area (Å²) >= 11 is 1.80. The van der Waals surface area contributed by atoms with Gasteiger partial charge in [-0.15, -0.1) is 0 Å². The standard InChI is InChI=1S/C20H26N2O3S/c1-15-3-5-17(6-4-15)14-26-12-11-22-20(24)21-10-9-16-7-8-18(23)19(13-16)25-2/h3-8,13,23H,9-12,14H2,1-2H3,(H2,21,22,24). The molecule has 0 fully saturated rings. The van der Waals surface area contributed by atoms with Crippen LogP contribution in [-0.4, -0.2) is 37.1 Å². The summed E-state index contributed by atoms with van der Waals surface area (Å²) in [6.45, 7) is 3.24. The smallest absolute Gasteiger partial charge is 0.314 e. The normalized spacial score (nSPS) is 10.4. The quantitative estimate of drug-likeness (QED) is 0.588. The number of rotatable bonds is 9. The molecule has 5 nitrogen and oxygen atoms in total. The molecule has 0 unspecified atom stereocenters. The van der Waals surface area contributed by atoms with Gasteiger partial charge in [0.2, 0.25) is 0 Å². The first-order valence-electron chi connectivity index (χ1n) is 8.59. The lowest BCUT2D eigenvalue weighted by Crippen LogP contribution is -2.37. The van der Waals surface area contributed by atoms with Gasteiger partial charge in [-0.3, -0.25) is 0 Å². The van der Waals surface area contributed by atoms with Crippen LogP contribution in [-0.2, 0) is 12.2 Å². The molecule has 0 spiro atoms. The Labute approximate surface area is 159 Å². The summed E-state index contributed by atoms with van der Waals surface area (Å²) < 4.78 is 5.07. The first kappa shape index (κ1) is 20.0. The zero-order chi connectivity index (χ0) is 18.8. The van der Waals surface area contributed by atoms with Crippen LogP contribution in [0, 0.1) is 6.92 Å². The van der Waals surface area contributed by atoms with Crippen LogP contribution in [0.15, 0.2) is 42.5 Å². The van der Waals surface area contributed by atoms with Crippen LogP contribution in [0.5, 0.6) is 11.5 Å². The molecule has 2 aromatic carbocycles. The van der Waals surface area contributed by atoms with E-state index in [2.05, 4.69) is 41.8 Å². The molecule has 2 aromatic rings.